The Morgan fingerprint density at radius 3 is 2.19 bits per heavy atom. The number of fused-ring (bicyclic) bond motifs is 4. The zero-order valence-electron chi connectivity index (χ0n) is 21.1. The van der Waals surface area contributed by atoms with Crippen LogP contribution in [0.15, 0.2) is 103 Å². The first-order valence-electron chi connectivity index (χ1n) is 12.7. The summed E-state index contributed by atoms with van der Waals surface area (Å²) in [5.41, 5.74) is 4.04. The third-order valence-electron chi connectivity index (χ3n) is 7.36. The van der Waals surface area contributed by atoms with Gasteiger partial charge in [-0.2, -0.15) is 0 Å². The normalized spacial score (nSPS) is 17.8. The summed E-state index contributed by atoms with van der Waals surface area (Å²) in [6, 6.07) is 34.2. The van der Waals surface area contributed by atoms with Crippen molar-refractivity contribution >= 4 is 11.6 Å². The molecule has 186 valence electrons. The SMILES string of the molecule is CN(C)CCOc1ccc2c(c1)OCC21C(=O)N(C(c2ccccc2)c2ccccc2)c2ccccc21. The number of carbonyl (C=O) groups is 1. The van der Waals surface area contributed by atoms with Crippen LogP contribution in [0, 0.1) is 0 Å². The number of hydrogen-bond acceptors (Lipinski definition) is 4. The van der Waals surface area contributed by atoms with Crippen LogP contribution >= 0.6 is 0 Å². The number of para-hydroxylation sites is 1. The number of amides is 1. The first kappa shape index (κ1) is 23.3. The molecule has 2 heterocycles. The zero-order chi connectivity index (χ0) is 25.4. The number of likely N-dealkylation sites (N-methyl/N-ethyl adjacent to an activating group) is 1. The van der Waals surface area contributed by atoms with Crippen molar-refractivity contribution < 1.29 is 14.3 Å². The van der Waals surface area contributed by atoms with E-state index in [0.29, 0.717) is 12.4 Å². The molecule has 0 radical (unpaired) electrons. The standard InChI is InChI=1S/C32H30N2O3/c1-33(2)19-20-36-25-17-18-27-29(21-25)37-22-32(27)26-15-9-10-16-28(26)34(31(32)35)30(23-11-5-3-6-12-23)24-13-7-4-8-14-24/h3-18,21,30H,19-20,22H2,1-2H3. The van der Waals surface area contributed by atoms with E-state index in [1.165, 1.54) is 0 Å². The lowest BCUT2D eigenvalue weighted by Crippen LogP contribution is -2.44. The molecule has 4 aromatic rings. The lowest BCUT2D eigenvalue weighted by molar-refractivity contribution is -0.122. The molecule has 37 heavy (non-hydrogen) atoms. The van der Waals surface area contributed by atoms with Crippen molar-refractivity contribution in [2.24, 2.45) is 0 Å². The number of carbonyl (C=O) groups excluding carboxylic acids is 1. The summed E-state index contributed by atoms with van der Waals surface area (Å²) >= 11 is 0. The van der Waals surface area contributed by atoms with E-state index in [-0.39, 0.29) is 18.6 Å². The Kier molecular flexibility index (Phi) is 5.93. The highest BCUT2D eigenvalue weighted by atomic mass is 16.5. The summed E-state index contributed by atoms with van der Waals surface area (Å²) in [6.45, 7) is 1.68. The van der Waals surface area contributed by atoms with E-state index < -0.39 is 5.41 Å². The minimum atomic E-state index is -0.893. The van der Waals surface area contributed by atoms with Crippen molar-refractivity contribution in [2.45, 2.75) is 11.5 Å². The Bertz CT molecular complexity index is 1380. The van der Waals surface area contributed by atoms with Crippen molar-refractivity contribution in [3.8, 4) is 11.5 Å². The molecule has 0 aromatic heterocycles. The maximum Gasteiger partial charge on any atom is 0.246 e. The second kappa shape index (κ2) is 9.41. The van der Waals surface area contributed by atoms with Crippen LogP contribution in [0.3, 0.4) is 0 Å². The third kappa shape index (κ3) is 3.87. The topological polar surface area (TPSA) is 42.0 Å². The molecule has 6 rings (SSSR count). The van der Waals surface area contributed by atoms with Crippen molar-refractivity contribution in [1.29, 1.82) is 0 Å². The number of anilines is 1. The van der Waals surface area contributed by atoms with E-state index in [2.05, 4.69) is 41.3 Å². The molecule has 1 atom stereocenters. The molecule has 4 aromatic carbocycles. The van der Waals surface area contributed by atoms with Crippen LogP contribution in [0.1, 0.15) is 28.3 Å². The van der Waals surface area contributed by atoms with Crippen molar-refractivity contribution in [3.05, 3.63) is 125 Å². The number of benzene rings is 4. The van der Waals surface area contributed by atoms with Gasteiger partial charge in [0.05, 0.1) is 6.04 Å². The molecule has 1 spiro atoms. The average Bonchev–Trinajstić information content (AvgIpc) is 3.42. The highest BCUT2D eigenvalue weighted by molar-refractivity contribution is 6.12. The van der Waals surface area contributed by atoms with Crippen LogP contribution in [0.25, 0.3) is 0 Å². The van der Waals surface area contributed by atoms with Gasteiger partial charge in [-0.25, -0.2) is 0 Å². The van der Waals surface area contributed by atoms with E-state index in [1.807, 2.05) is 85.7 Å². The molecular weight excluding hydrogens is 460 g/mol. The lowest BCUT2D eigenvalue weighted by atomic mass is 9.77. The highest BCUT2D eigenvalue weighted by Crippen LogP contribution is 2.55. The maximum absolute atomic E-state index is 14.7. The molecule has 5 nitrogen and oxygen atoms in total. The second-order valence-corrected chi connectivity index (χ2v) is 9.92. The van der Waals surface area contributed by atoms with Gasteiger partial charge >= 0.3 is 0 Å². The maximum atomic E-state index is 14.7. The number of hydrogen-bond donors (Lipinski definition) is 0. The Balaban J connectivity index is 1.45. The smallest absolute Gasteiger partial charge is 0.246 e. The van der Waals surface area contributed by atoms with Crippen molar-refractivity contribution in [2.75, 3.05) is 38.8 Å². The molecule has 2 aliphatic heterocycles. The van der Waals surface area contributed by atoms with E-state index in [1.54, 1.807) is 0 Å². The molecule has 2 aliphatic rings. The van der Waals surface area contributed by atoms with E-state index in [4.69, 9.17) is 9.47 Å². The fourth-order valence-corrected chi connectivity index (χ4v) is 5.57. The quantitative estimate of drug-likeness (QED) is 0.346. The van der Waals surface area contributed by atoms with Crippen molar-refractivity contribution in [1.82, 2.24) is 4.90 Å². The first-order chi connectivity index (χ1) is 18.1. The molecular formula is C32H30N2O3. The lowest BCUT2D eigenvalue weighted by Gasteiger charge is -2.31. The van der Waals surface area contributed by atoms with Gasteiger partial charge in [0.25, 0.3) is 0 Å². The van der Waals surface area contributed by atoms with E-state index in [9.17, 15) is 4.79 Å². The van der Waals surface area contributed by atoms with Crippen LogP contribution < -0.4 is 14.4 Å². The van der Waals surface area contributed by atoms with Crippen LogP contribution in [0.5, 0.6) is 11.5 Å². The first-order valence-corrected chi connectivity index (χ1v) is 12.7. The highest BCUT2D eigenvalue weighted by Gasteiger charge is 2.58. The number of ether oxygens (including phenoxy) is 2. The van der Waals surface area contributed by atoms with Crippen molar-refractivity contribution in [3.63, 3.8) is 0 Å². The van der Waals surface area contributed by atoms with Gasteiger partial charge in [0.15, 0.2) is 0 Å². The minimum Gasteiger partial charge on any atom is -0.492 e. The molecule has 0 bridgehead atoms. The molecule has 0 aliphatic carbocycles. The fraction of sp³-hybridized carbons (Fsp3) is 0.219. The summed E-state index contributed by atoms with van der Waals surface area (Å²) in [4.78, 5) is 18.7. The molecule has 0 N–H and O–H groups in total. The van der Waals surface area contributed by atoms with Crippen LogP contribution in [-0.4, -0.2) is 44.7 Å². The van der Waals surface area contributed by atoms with Gasteiger partial charge in [-0.15, -0.1) is 0 Å². The van der Waals surface area contributed by atoms with Crippen LogP contribution in [0.4, 0.5) is 5.69 Å². The van der Waals surface area contributed by atoms with E-state index in [0.717, 1.165) is 40.2 Å². The Morgan fingerprint density at radius 2 is 1.51 bits per heavy atom. The number of nitrogens with zero attached hydrogens (tertiary/aromatic N) is 2. The molecule has 1 amide bonds. The van der Waals surface area contributed by atoms with Gasteiger partial charge in [0, 0.05) is 23.9 Å². The molecule has 1 unspecified atom stereocenters. The Hall–Kier alpha value is -4.09. The average molecular weight is 491 g/mol. The zero-order valence-corrected chi connectivity index (χ0v) is 21.1. The molecule has 0 fully saturated rings. The monoisotopic (exact) mass is 490 g/mol. The summed E-state index contributed by atoms with van der Waals surface area (Å²) < 4.78 is 12.2. The van der Waals surface area contributed by atoms with Gasteiger partial charge in [-0.3, -0.25) is 9.69 Å². The van der Waals surface area contributed by atoms with Gasteiger partial charge in [0.1, 0.15) is 30.1 Å². The molecule has 5 heteroatoms. The third-order valence-corrected chi connectivity index (χ3v) is 7.36. The van der Waals surface area contributed by atoms with Gasteiger partial charge in [-0.05, 0) is 42.9 Å². The largest absolute Gasteiger partial charge is 0.492 e. The van der Waals surface area contributed by atoms with Crippen LogP contribution in [-0.2, 0) is 10.2 Å². The minimum absolute atomic E-state index is 0.0337. The van der Waals surface area contributed by atoms with Gasteiger partial charge < -0.3 is 14.4 Å². The molecule has 0 saturated carbocycles. The Morgan fingerprint density at radius 1 is 0.865 bits per heavy atom. The Labute approximate surface area is 217 Å². The van der Waals surface area contributed by atoms with Gasteiger partial charge in [0.2, 0.25) is 5.91 Å². The second-order valence-electron chi connectivity index (χ2n) is 9.92. The predicted molar refractivity (Wildman–Crippen MR) is 145 cm³/mol. The summed E-state index contributed by atoms with van der Waals surface area (Å²) in [6.07, 6.45) is 0. The fourth-order valence-electron chi connectivity index (χ4n) is 5.57. The van der Waals surface area contributed by atoms with Crippen LogP contribution in [0.2, 0.25) is 0 Å². The summed E-state index contributed by atoms with van der Waals surface area (Å²) in [5.74, 6) is 1.49. The number of rotatable bonds is 7. The van der Waals surface area contributed by atoms with E-state index >= 15 is 0 Å². The molecule has 0 saturated heterocycles. The van der Waals surface area contributed by atoms with Gasteiger partial charge in [-0.1, -0.05) is 84.9 Å². The summed E-state index contributed by atoms with van der Waals surface area (Å²) in [7, 11) is 4.04. The summed E-state index contributed by atoms with van der Waals surface area (Å²) in [5, 5.41) is 0. The predicted octanol–water partition coefficient (Wildman–Crippen LogP) is 5.44.